The van der Waals surface area contributed by atoms with E-state index in [1.807, 2.05) is 0 Å². The van der Waals surface area contributed by atoms with E-state index in [0.717, 1.165) is 18.2 Å². The van der Waals surface area contributed by atoms with Gasteiger partial charge in [-0.1, -0.05) is 0 Å². The minimum absolute atomic E-state index is 0.0656. The molecule has 0 fully saturated rings. The Morgan fingerprint density at radius 2 is 2.12 bits per heavy atom. The molecule has 0 aliphatic carbocycles. The van der Waals surface area contributed by atoms with Gasteiger partial charge in [-0.05, 0) is 25.1 Å². The zero-order valence-electron chi connectivity index (χ0n) is 8.24. The first-order valence-electron chi connectivity index (χ1n) is 4.27. The fourth-order valence-corrected chi connectivity index (χ4v) is 1.80. The van der Waals surface area contributed by atoms with Gasteiger partial charge >= 0.3 is 5.97 Å². The largest absolute Gasteiger partial charge is 0.462 e. The molecule has 0 aliphatic heterocycles. The van der Waals surface area contributed by atoms with Gasteiger partial charge in [-0.25, -0.2) is 17.6 Å². The van der Waals surface area contributed by atoms with E-state index in [-0.39, 0.29) is 11.5 Å². The van der Waals surface area contributed by atoms with Crippen LogP contribution in [0, 0.1) is 5.82 Å². The Morgan fingerprint density at radius 1 is 1.50 bits per heavy atom. The van der Waals surface area contributed by atoms with Gasteiger partial charge in [0.05, 0.1) is 17.1 Å². The molecule has 0 unspecified atom stereocenters. The van der Waals surface area contributed by atoms with Crippen LogP contribution in [-0.4, -0.2) is 21.0 Å². The van der Waals surface area contributed by atoms with Gasteiger partial charge in [0.25, 0.3) is 9.05 Å². The van der Waals surface area contributed by atoms with Crippen molar-refractivity contribution in [1.82, 2.24) is 0 Å². The Bertz CT molecular complexity index is 512. The fraction of sp³-hybridized carbons (Fsp3) is 0.222. The first-order valence-corrected chi connectivity index (χ1v) is 6.58. The van der Waals surface area contributed by atoms with Crippen LogP contribution in [0.25, 0.3) is 0 Å². The number of ether oxygens (including phenoxy) is 1. The van der Waals surface area contributed by atoms with Crippen LogP contribution in [0.1, 0.15) is 17.3 Å². The molecule has 0 heterocycles. The van der Waals surface area contributed by atoms with Gasteiger partial charge in [0, 0.05) is 10.7 Å². The Labute approximate surface area is 96.4 Å². The summed E-state index contributed by atoms with van der Waals surface area (Å²) in [5, 5.41) is 0. The van der Waals surface area contributed by atoms with Crippen LogP contribution >= 0.6 is 10.7 Å². The summed E-state index contributed by atoms with van der Waals surface area (Å²) in [6, 6.07) is 2.66. The maximum Gasteiger partial charge on any atom is 0.341 e. The standard InChI is InChI=1S/C9H8ClFO4S/c1-2-15-9(12)7-5-6(16(10,13)14)3-4-8(7)11/h3-5H,2H2,1H3. The lowest BCUT2D eigenvalue weighted by atomic mass is 10.2. The molecule has 0 saturated carbocycles. The van der Waals surface area contributed by atoms with E-state index in [4.69, 9.17) is 10.7 Å². The predicted molar refractivity (Wildman–Crippen MR) is 55.4 cm³/mol. The molecule has 0 radical (unpaired) electrons. The minimum Gasteiger partial charge on any atom is -0.462 e. The Hall–Kier alpha value is -1.14. The number of hydrogen-bond acceptors (Lipinski definition) is 4. The molecule has 0 aromatic heterocycles. The average molecular weight is 267 g/mol. The third-order valence-corrected chi connectivity index (χ3v) is 3.07. The molecule has 0 aliphatic rings. The van der Waals surface area contributed by atoms with E-state index in [0.29, 0.717) is 0 Å². The molecular formula is C9H8ClFO4S. The zero-order valence-corrected chi connectivity index (χ0v) is 9.81. The number of carbonyl (C=O) groups is 1. The van der Waals surface area contributed by atoms with Gasteiger partial charge < -0.3 is 4.74 Å². The third kappa shape index (κ3) is 2.93. The van der Waals surface area contributed by atoms with E-state index in [9.17, 15) is 17.6 Å². The van der Waals surface area contributed by atoms with E-state index in [2.05, 4.69) is 4.74 Å². The van der Waals surface area contributed by atoms with Gasteiger partial charge in [-0.15, -0.1) is 0 Å². The number of rotatable bonds is 3. The highest BCUT2D eigenvalue weighted by Gasteiger charge is 2.18. The number of hydrogen-bond donors (Lipinski definition) is 0. The molecular weight excluding hydrogens is 259 g/mol. The summed E-state index contributed by atoms with van der Waals surface area (Å²) in [6.45, 7) is 1.62. The fourth-order valence-electron chi connectivity index (χ4n) is 1.02. The lowest BCUT2D eigenvalue weighted by Crippen LogP contribution is -2.08. The van der Waals surface area contributed by atoms with Crippen LogP contribution in [0.3, 0.4) is 0 Å². The maximum absolute atomic E-state index is 13.2. The molecule has 0 amide bonds. The minimum atomic E-state index is -3.99. The molecule has 0 bridgehead atoms. The van der Waals surface area contributed by atoms with Crippen LogP contribution < -0.4 is 0 Å². The molecule has 7 heteroatoms. The lowest BCUT2D eigenvalue weighted by molar-refractivity contribution is 0.0520. The van der Waals surface area contributed by atoms with Crippen molar-refractivity contribution in [1.29, 1.82) is 0 Å². The van der Waals surface area contributed by atoms with Crippen LogP contribution in [0.15, 0.2) is 23.1 Å². The van der Waals surface area contributed by atoms with Gasteiger partial charge in [0.2, 0.25) is 0 Å². The molecule has 1 rings (SSSR count). The van der Waals surface area contributed by atoms with E-state index in [1.54, 1.807) is 6.92 Å². The number of halogens is 2. The average Bonchev–Trinajstić information content (AvgIpc) is 2.16. The topological polar surface area (TPSA) is 60.4 Å². The van der Waals surface area contributed by atoms with Gasteiger partial charge in [-0.2, -0.15) is 0 Å². The summed E-state index contributed by atoms with van der Waals surface area (Å²) >= 11 is 0. The molecule has 0 atom stereocenters. The number of benzene rings is 1. The zero-order chi connectivity index (χ0) is 12.3. The van der Waals surface area contributed by atoms with E-state index in [1.165, 1.54) is 0 Å². The summed E-state index contributed by atoms with van der Waals surface area (Å²) in [5.74, 6) is -1.79. The van der Waals surface area contributed by atoms with Crippen molar-refractivity contribution in [2.75, 3.05) is 6.61 Å². The lowest BCUT2D eigenvalue weighted by Gasteiger charge is -2.04. The van der Waals surface area contributed by atoms with Crippen molar-refractivity contribution < 1.29 is 22.3 Å². The van der Waals surface area contributed by atoms with E-state index >= 15 is 0 Å². The van der Waals surface area contributed by atoms with Gasteiger partial charge in [-0.3, -0.25) is 0 Å². The Kier molecular flexibility index (Phi) is 3.88. The summed E-state index contributed by atoms with van der Waals surface area (Å²) in [7, 11) is 1.07. The highest BCUT2D eigenvalue weighted by Crippen LogP contribution is 2.19. The smallest absolute Gasteiger partial charge is 0.341 e. The van der Waals surface area contributed by atoms with Crippen LogP contribution in [0.4, 0.5) is 4.39 Å². The molecule has 16 heavy (non-hydrogen) atoms. The monoisotopic (exact) mass is 266 g/mol. The van der Waals surface area contributed by atoms with Crippen LogP contribution in [0.5, 0.6) is 0 Å². The van der Waals surface area contributed by atoms with Crippen molar-refractivity contribution >= 4 is 25.7 Å². The van der Waals surface area contributed by atoms with Crippen molar-refractivity contribution in [3.63, 3.8) is 0 Å². The van der Waals surface area contributed by atoms with Crippen molar-refractivity contribution in [2.45, 2.75) is 11.8 Å². The summed E-state index contributed by atoms with van der Waals surface area (Å²) in [4.78, 5) is 10.9. The second-order valence-corrected chi connectivity index (χ2v) is 5.37. The third-order valence-electron chi connectivity index (χ3n) is 1.71. The molecule has 0 saturated heterocycles. The number of esters is 1. The second-order valence-electron chi connectivity index (χ2n) is 2.80. The van der Waals surface area contributed by atoms with Crippen LogP contribution in [0.2, 0.25) is 0 Å². The first-order chi connectivity index (χ1) is 7.36. The van der Waals surface area contributed by atoms with E-state index < -0.39 is 26.4 Å². The SMILES string of the molecule is CCOC(=O)c1cc(S(=O)(=O)Cl)ccc1F. The van der Waals surface area contributed by atoms with Crippen molar-refractivity contribution in [3.8, 4) is 0 Å². The summed E-state index contributed by atoms with van der Waals surface area (Å²) in [5.41, 5.74) is -0.455. The Balaban J connectivity index is 3.24. The highest BCUT2D eigenvalue weighted by molar-refractivity contribution is 8.13. The normalized spacial score (nSPS) is 11.2. The second kappa shape index (κ2) is 4.80. The Morgan fingerprint density at radius 3 is 2.62 bits per heavy atom. The molecule has 88 valence electrons. The van der Waals surface area contributed by atoms with Crippen molar-refractivity contribution in [2.24, 2.45) is 0 Å². The van der Waals surface area contributed by atoms with Crippen molar-refractivity contribution in [3.05, 3.63) is 29.6 Å². The van der Waals surface area contributed by atoms with Gasteiger partial charge in [0.15, 0.2) is 0 Å². The number of carbonyl (C=O) groups excluding carboxylic acids is 1. The molecule has 1 aromatic carbocycles. The predicted octanol–water partition coefficient (Wildman–Crippen LogP) is 1.93. The molecule has 0 spiro atoms. The first kappa shape index (κ1) is 12.9. The molecule has 4 nitrogen and oxygen atoms in total. The quantitative estimate of drug-likeness (QED) is 0.620. The molecule has 0 N–H and O–H groups in total. The summed E-state index contributed by atoms with van der Waals surface area (Å²) < 4.78 is 39.7. The van der Waals surface area contributed by atoms with Gasteiger partial charge in [0.1, 0.15) is 5.82 Å². The molecule has 1 aromatic rings. The summed E-state index contributed by atoms with van der Waals surface area (Å²) in [6.07, 6.45) is 0. The maximum atomic E-state index is 13.2. The highest BCUT2D eigenvalue weighted by atomic mass is 35.7. The van der Waals surface area contributed by atoms with Crippen LogP contribution in [-0.2, 0) is 13.8 Å².